The van der Waals surface area contributed by atoms with Crippen molar-refractivity contribution < 1.29 is 14.7 Å². The number of carbonyl (C=O) groups is 2. The summed E-state index contributed by atoms with van der Waals surface area (Å²) in [5.74, 6) is 4.85. The number of hydrogen-bond donors (Lipinski definition) is 1. The van der Waals surface area contributed by atoms with Crippen molar-refractivity contribution >= 4 is 11.6 Å². The van der Waals surface area contributed by atoms with Crippen LogP contribution in [0.1, 0.15) is 91.9 Å². The second-order valence-electron chi connectivity index (χ2n) is 13.2. The van der Waals surface area contributed by atoms with Gasteiger partial charge in [0.05, 0.1) is 6.10 Å². The Hall–Kier alpha value is -0.960. The average molecular weight is 441 g/mol. The van der Waals surface area contributed by atoms with Crippen LogP contribution in [0.2, 0.25) is 0 Å². The van der Waals surface area contributed by atoms with Gasteiger partial charge >= 0.3 is 0 Å². The van der Waals surface area contributed by atoms with Crippen LogP contribution in [0.3, 0.4) is 0 Å². The molecule has 0 aliphatic heterocycles. The molecule has 0 saturated heterocycles. The number of fused-ring (bicyclic) bond motifs is 5. The first-order valence-corrected chi connectivity index (χ1v) is 13.5. The summed E-state index contributed by atoms with van der Waals surface area (Å²) in [5.41, 5.74) is 0.772. The van der Waals surface area contributed by atoms with Gasteiger partial charge in [0.2, 0.25) is 0 Å². The third kappa shape index (κ3) is 3.31. The van der Waals surface area contributed by atoms with Crippen molar-refractivity contribution in [3.05, 3.63) is 12.2 Å². The molecule has 0 spiro atoms. The van der Waals surface area contributed by atoms with Crippen molar-refractivity contribution in [2.45, 2.75) is 98.0 Å². The van der Waals surface area contributed by atoms with Gasteiger partial charge in [-0.2, -0.15) is 0 Å². The maximum Gasteiger partial charge on any atom is 0.158 e. The molecule has 3 nitrogen and oxygen atoms in total. The number of aliphatic hydroxyl groups excluding tert-OH is 1. The van der Waals surface area contributed by atoms with Crippen molar-refractivity contribution in [1.82, 2.24) is 0 Å². The molecule has 5 aliphatic rings. The summed E-state index contributed by atoms with van der Waals surface area (Å²) < 4.78 is 0. The van der Waals surface area contributed by atoms with Crippen LogP contribution in [0.5, 0.6) is 0 Å². The predicted molar refractivity (Wildman–Crippen MR) is 127 cm³/mol. The van der Waals surface area contributed by atoms with Crippen LogP contribution in [0.4, 0.5) is 0 Å². The van der Waals surface area contributed by atoms with Crippen LogP contribution >= 0.6 is 0 Å². The van der Waals surface area contributed by atoms with Gasteiger partial charge < -0.3 is 5.11 Å². The summed E-state index contributed by atoms with van der Waals surface area (Å²) in [6.07, 6.45) is 9.29. The molecule has 3 heteroatoms. The van der Waals surface area contributed by atoms with E-state index in [2.05, 4.69) is 34.3 Å². The van der Waals surface area contributed by atoms with Gasteiger partial charge in [0, 0.05) is 24.7 Å². The number of ketones is 2. The first-order valence-electron chi connectivity index (χ1n) is 13.5. The zero-order valence-electron chi connectivity index (χ0n) is 20.7. The lowest BCUT2D eigenvalue weighted by atomic mass is 9.44. The van der Waals surface area contributed by atoms with Gasteiger partial charge in [-0.25, -0.2) is 0 Å². The SMILES string of the molecule is C=C(C(=O)CC(C)[C@@H]1C[C@H]1C)[C@H]1CCC2C3CC[C@H]4CC(=O)CC[C@]4(C)C3C[C@@H](O)[C@@]21C. The van der Waals surface area contributed by atoms with Gasteiger partial charge in [-0.05, 0) is 103 Å². The first kappa shape index (κ1) is 22.8. The highest BCUT2D eigenvalue weighted by molar-refractivity contribution is 5.95. The van der Waals surface area contributed by atoms with E-state index >= 15 is 0 Å². The Balaban J connectivity index is 1.34. The number of aliphatic hydroxyl groups is 1. The Morgan fingerprint density at radius 2 is 1.88 bits per heavy atom. The van der Waals surface area contributed by atoms with E-state index in [4.69, 9.17) is 0 Å². The van der Waals surface area contributed by atoms with Gasteiger partial charge in [0.25, 0.3) is 0 Å². The van der Waals surface area contributed by atoms with E-state index in [1.807, 2.05) is 0 Å². The van der Waals surface area contributed by atoms with Gasteiger partial charge in [0.1, 0.15) is 5.78 Å². The van der Waals surface area contributed by atoms with Crippen LogP contribution in [0.15, 0.2) is 12.2 Å². The molecular formula is C29H44O3. The molecule has 178 valence electrons. The topological polar surface area (TPSA) is 54.4 Å². The Labute approximate surface area is 194 Å². The molecule has 0 heterocycles. The molecule has 0 aromatic heterocycles. The van der Waals surface area contributed by atoms with Gasteiger partial charge in [-0.3, -0.25) is 9.59 Å². The van der Waals surface area contributed by atoms with Gasteiger partial charge in [-0.15, -0.1) is 0 Å². The molecule has 1 N–H and O–H groups in total. The smallest absolute Gasteiger partial charge is 0.158 e. The molecule has 0 aromatic rings. The number of Topliss-reactive ketones (excluding diaryl/α,β-unsaturated/α-hetero) is 2. The van der Waals surface area contributed by atoms with E-state index < -0.39 is 0 Å². The number of hydrogen-bond acceptors (Lipinski definition) is 3. The summed E-state index contributed by atoms with van der Waals surface area (Å²) in [6.45, 7) is 13.6. The maximum atomic E-state index is 13.2. The molecule has 0 bridgehead atoms. The Morgan fingerprint density at radius 3 is 2.56 bits per heavy atom. The van der Waals surface area contributed by atoms with E-state index in [-0.39, 0.29) is 28.6 Å². The zero-order valence-corrected chi connectivity index (χ0v) is 20.7. The molecule has 4 unspecified atom stereocenters. The van der Waals surface area contributed by atoms with Crippen molar-refractivity contribution in [2.75, 3.05) is 0 Å². The van der Waals surface area contributed by atoms with Crippen molar-refractivity contribution in [3.8, 4) is 0 Å². The average Bonchev–Trinajstić information content (AvgIpc) is 3.37. The fourth-order valence-corrected chi connectivity index (χ4v) is 9.49. The lowest BCUT2D eigenvalue weighted by Gasteiger charge is -2.61. The van der Waals surface area contributed by atoms with Crippen LogP contribution in [-0.4, -0.2) is 22.8 Å². The van der Waals surface area contributed by atoms with E-state index in [1.54, 1.807) is 0 Å². The molecule has 5 rings (SSSR count). The molecule has 5 saturated carbocycles. The van der Waals surface area contributed by atoms with E-state index in [1.165, 1.54) is 12.8 Å². The van der Waals surface area contributed by atoms with Crippen LogP contribution in [-0.2, 0) is 9.59 Å². The highest BCUT2D eigenvalue weighted by atomic mass is 16.3. The van der Waals surface area contributed by atoms with Crippen molar-refractivity contribution in [2.24, 2.45) is 58.2 Å². The van der Waals surface area contributed by atoms with E-state index in [0.717, 1.165) is 56.4 Å². The highest BCUT2D eigenvalue weighted by Gasteiger charge is 2.63. The standard InChI is InChI=1S/C29H44O3/c1-16-12-22(16)17(2)13-26(31)18(3)23-8-9-24-21-7-6-19-14-20(30)10-11-28(19,4)25(21)15-27(32)29(23,24)5/h16-17,19,21-25,27,32H,3,6-15H2,1-2,4-5H3/t16-,17?,19+,21?,22-,23-,24?,25?,27-,28+,29-/m1/s1. The minimum absolute atomic E-state index is 0.123. The van der Waals surface area contributed by atoms with Crippen LogP contribution in [0, 0.1) is 58.2 Å². The summed E-state index contributed by atoms with van der Waals surface area (Å²) in [5, 5.41) is 11.6. The largest absolute Gasteiger partial charge is 0.393 e. The predicted octanol–water partition coefficient (Wildman–Crippen LogP) is 5.99. The lowest BCUT2D eigenvalue weighted by molar-refractivity contribution is -0.164. The lowest BCUT2D eigenvalue weighted by Crippen LogP contribution is -2.58. The highest BCUT2D eigenvalue weighted by Crippen LogP contribution is 2.68. The van der Waals surface area contributed by atoms with Crippen molar-refractivity contribution in [3.63, 3.8) is 0 Å². The molecule has 32 heavy (non-hydrogen) atoms. The monoisotopic (exact) mass is 440 g/mol. The molecule has 5 aliphatic carbocycles. The third-order valence-corrected chi connectivity index (χ3v) is 11.8. The Bertz CT molecular complexity index is 815. The fourth-order valence-electron chi connectivity index (χ4n) is 9.49. The molecular weight excluding hydrogens is 396 g/mol. The normalized spacial score (nSPS) is 50.7. The zero-order chi connectivity index (χ0) is 23.0. The summed E-state index contributed by atoms with van der Waals surface area (Å²) in [6, 6.07) is 0. The van der Waals surface area contributed by atoms with Crippen molar-refractivity contribution in [1.29, 1.82) is 0 Å². The number of carbonyl (C=O) groups excluding carboxylic acids is 2. The molecule has 11 atom stereocenters. The number of rotatable bonds is 5. The van der Waals surface area contributed by atoms with Crippen LogP contribution < -0.4 is 0 Å². The molecule has 0 radical (unpaired) electrons. The first-order chi connectivity index (χ1) is 15.1. The fraction of sp³-hybridized carbons (Fsp3) is 0.862. The summed E-state index contributed by atoms with van der Waals surface area (Å²) >= 11 is 0. The third-order valence-electron chi connectivity index (χ3n) is 11.8. The Morgan fingerprint density at radius 1 is 1.16 bits per heavy atom. The second kappa shape index (κ2) is 7.79. The quantitative estimate of drug-likeness (QED) is 0.534. The summed E-state index contributed by atoms with van der Waals surface area (Å²) in [4.78, 5) is 25.4. The van der Waals surface area contributed by atoms with Gasteiger partial charge in [0.15, 0.2) is 5.78 Å². The summed E-state index contributed by atoms with van der Waals surface area (Å²) in [7, 11) is 0. The number of allylic oxidation sites excluding steroid dienone is 1. The minimum Gasteiger partial charge on any atom is -0.393 e. The molecule has 0 amide bonds. The molecule has 5 fully saturated rings. The minimum atomic E-state index is -0.375. The molecule has 0 aromatic carbocycles. The maximum absolute atomic E-state index is 13.2. The van der Waals surface area contributed by atoms with Gasteiger partial charge in [-0.1, -0.05) is 34.3 Å². The Kier molecular flexibility index (Phi) is 5.55. The van der Waals surface area contributed by atoms with E-state index in [0.29, 0.717) is 47.7 Å². The second-order valence-corrected chi connectivity index (χ2v) is 13.2. The van der Waals surface area contributed by atoms with Crippen LogP contribution in [0.25, 0.3) is 0 Å². The van der Waals surface area contributed by atoms with E-state index in [9.17, 15) is 14.7 Å².